The van der Waals surface area contributed by atoms with E-state index < -0.39 is 0 Å². The first-order chi connectivity index (χ1) is 15.7. The molecule has 6 nitrogen and oxygen atoms in total. The fourth-order valence-corrected chi connectivity index (χ4v) is 4.23. The van der Waals surface area contributed by atoms with Crippen LogP contribution in [0, 0.1) is 0 Å². The van der Waals surface area contributed by atoms with Crippen molar-refractivity contribution in [3.63, 3.8) is 0 Å². The Balaban J connectivity index is 1.42. The van der Waals surface area contributed by atoms with E-state index in [1.807, 2.05) is 58.1 Å². The number of carbonyl (C=O) groups excluding carboxylic acids is 1. The van der Waals surface area contributed by atoms with Crippen LogP contribution in [0.4, 0.5) is 10.5 Å². The Morgan fingerprint density at radius 3 is 2.15 bits per heavy atom. The molecule has 33 heavy (non-hydrogen) atoms. The average molecular weight is 486 g/mol. The van der Waals surface area contributed by atoms with Gasteiger partial charge < -0.3 is 15.1 Å². The number of nitrogens with one attached hydrogen (secondary N) is 1. The van der Waals surface area contributed by atoms with Gasteiger partial charge in [-0.25, -0.2) is 9.48 Å². The van der Waals surface area contributed by atoms with Crippen LogP contribution in [0.25, 0.3) is 5.69 Å². The Morgan fingerprint density at radius 2 is 1.55 bits per heavy atom. The Morgan fingerprint density at radius 1 is 0.939 bits per heavy atom. The van der Waals surface area contributed by atoms with E-state index in [4.69, 9.17) is 28.3 Å². The van der Waals surface area contributed by atoms with Crippen LogP contribution in [0.1, 0.15) is 32.2 Å². The highest BCUT2D eigenvalue weighted by Crippen LogP contribution is 2.25. The maximum atomic E-state index is 12.9. The summed E-state index contributed by atoms with van der Waals surface area (Å²) in [6.45, 7) is 9.59. The first-order valence-electron chi connectivity index (χ1n) is 11.1. The minimum atomic E-state index is -0.112. The molecule has 0 bridgehead atoms. The SMILES string of the molecule is CC(C)(C)c1cc(CNC(=O)N2CCN(c3cccc(Cl)c3)CC2)n(-c2cccc(Cl)c2)n1. The van der Waals surface area contributed by atoms with Crippen molar-refractivity contribution in [1.82, 2.24) is 20.0 Å². The van der Waals surface area contributed by atoms with Gasteiger partial charge in [0.25, 0.3) is 0 Å². The van der Waals surface area contributed by atoms with Gasteiger partial charge in [0, 0.05) is 47.3 Å². The summed E-state index contributed by atoms with van der Waals surface area (Å²) in [6.07, 6.45) is 0. The molecule has 0 unspecified atom stereocenters. The number of hydrogen-bond donors (Lipinski definition) is 1. The lowest BCUT2D eigenvalue weighted by atomic mass is 9.92. The molecule has 4 rings (SSSR count). The van der Waals surface area contributed by atoms with Gasteiger partial charge in [-0.15, -0.1) is 0 Å². The number of carbonyl (C=O) groups is 1. The fourth-order valence-electron chi connectivity index (χ4n) is 3.86. The number of aromatic nitrogens is 2. The lowest BCUT2D eigenvalue weighted by Crippen LogP contribution is -2.51. The number of nitrogens with zero attached hydrogens (tertiary/aromatic N) is 4. The van der Waals surface area contributed by atoms with E-state index in [1.54, 1.807) is 0 Å². The fraction of sp³-hybridized carbons (Fsp3) is 0.360. The third-order valence-corrected chi connectivity index (χ3v) is 6.24. The van der Waals surface area contributed by atoms with Crippen LogP contribution in [0.5, 0.6) is 0 Å². The van der Waals surface area contributed by atoms with Crippen molar-refractivity contribution in [3.05, 3.63) is 76.0 Å². The van der Waals surface area contributed by atoms with Gasteiger partial charge >= 0.3 is 6.03 Å². The van der Waals surface area contributed by atoms with Crippen molar-refractivity contribution in [2.75, 3.05) is 31.1 Å². The van der Waals surface area contributed by atoms with Gasteiger partial charge in [0.1, 0.15) is 0 Å². The smallest absolute Gasteiger partial charge is 0.317 e. The van der Waals surface area contributed by atoms with Crippen LogP contribution < -0.4 is 10.2 Å². The van der Waals surface area contributed by atoms with Crippen LogP contribution >= 0.6 is 23.2 Å². The van der Waals surface area contributed by atoms with Gasteiger partial charge in [-0.2, -0.15) is 5.10 Å². The van der Waals surface area contributed by atoms with Crippen molar-refractivity contribution >= 4 is 34.9 Å². The topological polar surface area (TPSA) is 53.4 Å². The second-order valence-corrected chi connectivity index (χ2v) is 10.1. The van der Waals surface area contributed by atoms with Crippen molar-refractivity contribution in [3.8, 4) is 5.69 Å². The van der Waals surface area contributed by atoms with Gasteiger partial charge in [0.2, 0.25) is 0 Å². The zero-order chi connectivity index (χ0) is 23.6. The van der Waals surface area contributed by atoms with Crippen LogP contribution in [0.15, 0.2) is 54.6 Å². The highest BCUT2D eigenvalue weighted by Gasteiger charge is 2.23. The number of hydrogen-bond acceptors (Lipinski definition) is 3. The molecule has 1 aromatic heterocycles. The summed E-state index contributed by atoms with van der Waals surface area (Å²) < 4.78 is 1.86. The molecule has 0 atom stereocenters. The number of anilines is 1. The monoisotopic (exact) mass is 485 g/mol. The third kappa shape index (κ3) is 5.63. The van der Waals surface area contributed by atoms with Gasteiger partial charge in [-0.3, -0.25) is 0 Å². The maximum absolute atomic E-state index is 12.9. The summed E-state index contributed by atoms with van der Waals surface area (Å²) in [4.78, 5) is 17.0. The molecule has 1 saturated heterocycles. The molecule has 0 aliphatic carbocycles. The Kier molecular flexibility index (Phi) is 6.86. The number of halogens is 2. The predicted molar refractivity (Wildman–Crippen MR) is 135 cm³/mol. The summed E-state index contributed by atoms with van der Waals surface area (Å²) in [7, 11) is 0. The van der Waals surface area contributed by atoms with Crippen LogP contribution in [-0.2, 0) is 12.0 Å². The number of piperazine rings is 1. The Hall–Kier alpha value is -2.70. The summed E-state index contributed by atoms with van der Waals surface area (Å²) in [5.74, 6) is 0. The highest BCUT2D eigenvalue weighted by atomic mass is 35.5. The molecule has 0 radical (unpaired) electrons. The molecule has 0 spiro atoms. The van der Waals surface area contributed by atoms with E-state index in [0.29, 0.717) is 24.7 Å². The largest absolute Gasteiger partial charge is 0.368 e. The molecule has 2 amide bonds. The molecule has 1 aliphatic rings. The third-order valence-electron chi connectivity index (χ3n) is 5.77. The highest BCUT2D eigenvalue weighted by molar-refractivity contribution is 6.31. The summed E-state index contributed by atoms with van der Waals surface area (Å²) in [5.41, 5.74) is 3.72. The Labute approximate surface area is 205 Å². The molecular weight excluding hydrogens is 457 g/mol. The summed E-state index contributed by atoms with van der Waals surface area (Å²) in [5, 5.41) is 9.25. The lowest BCUT2D eigenvalue weighted by Gasteiger charge is -2.36. The molecule has 3 aromatic rings. The quantitative estimate of drug-likeness (QED) is 0.529. The molecule has 1 aliphatic heterocycles. The van der Waals surface area contributed by atoms with E-state index >= 15 is 0 Å². The predicted octanol–water partition coefficient (Wildman–Crippen LogP) is 5.51. The van der Waals surface area contributed by atoms with E-state index in [2.05, 4.69) is 37.1 Å². The van der Waals surface area contributed by atoms with Crippen molar-refractivity contribution in [2.24, 2.45) is 0 Å². The molecule has 174 valence electrons. The first-order valence-corrected chi connectivity index (χ1v) is 11.8. The van der Waals surface area contributed by atoms with E-state index in [1.165, 1.54) is 0 Å². The normalized spacial score (nSPS) is 14.5. The molecule has 0 saturated carbocycles. The molecule has 1 N–H and O–H groups in total. The Bertz CT molecular complexity index is 1130. The standard InChI is InChI=1S/C25H29Cl2N5O/c1-25(2,3)23-16-22(32(29-23)21-9-5-7-19(27)15-21)17-28-24(33)31-12-10-30(11-13-31)20-8-4-6-18(26)14-20/h4-9,14-16H,10-13,17H2,1-3H3,(H,28,33). The van der Waals surface area contributed by atoms with Crippen molar-refractivity contribution in [1.29, 1.82) is 0 Å². The van der Waals surface area contributed by atoms with Gasteiger partial charge in [-0.1, -0.05) is 56.1 Å². The molecule has 2 aromatic carbocycles. The summed E-state index contributed by atoms with van der Waals surface area (Å²) >= 11 is 12.3. The van der Waals surface area contributed by atoms with E-state index in [9.17, 15) is 4.79 Å². The van der Waals surface area contributed by atoms with Gasteiger partial charge in [0.15, 0.2) is 0 Å². The zero-order valence-corrected chi connectivity index (χ0v) is 20.7. The van der Waals surface area contributed by atoms with Gasteiger partial charge in [-0.05, 0) is 42.5 Å². The van der Waals surface area contributed by atoms with E-state index in [-0.39, 0.29) is 11.4 Å². The number of amides is 2. The molecular formula is C25H29Cl2N5O. The zero-order valence-electron chi connectivity index (χ0n) is 19.2. The number of benzene rings is 2. The van der Waals surface area contributed by atoms with Crippen molar-refractivity contribution < 1.29 is 4.79 Å². The minimum absolute atomic E-state index is 0.0723. The second kappa shape index (κ2) is 9.65. The average Bonchev–Trinajstić information content (AvgIpc) is 3.22. The maximum Gasteiger partial charge on any atom is 0.317 e. The van der Waals surface area contributed by atoms with Crippen LogP contribution in [0.2, 0.25) is 10.0 Å². The number of rotatable bonds is 4. The molecule has 1 fully saturated rings. The molecule has 2 heterocycles. The van der Waals surface area contributed by atoms with E-state index in [0.717, 1.165) is 40.9 Å². The van der Waals surface area contributed by atoms with Gasteiger partial charge in [0.05, 0.1) is 23.6 Å². The first kappa shape index (κ1) is 23.5. The minimum Gasteiger partial charge on any atom is -0.368 e. The molecule has 8 heteroatoms. The van der Waals surface area contributed by atoms with Crippen LogP contribution in [-0.4, -0.2) is 46.9 Å². The summed E-state index contributed by atoms with van der Waals surface area (Å²) in [6, 6.07) is 17.4. The van der Waals surface area contributed by atoms with Crippen LogP contribution in [0.3, 0.4) is 0 Å². The number of urea groups is 1. The lowest BCUT2D eigenvalue weighted by molar-refractivity contribution is 0.193. The second-order valence-electron chi connectivity index (χ2n) is 9.28. The van der Waals surface area contributed by atoms with Crippen molar-refractivity contribution in [2.45, 2.75) is 32.7 Å².